The Bertz CT molecular complexity index is 852. The molecule has 0 aliphatic carbocycles. The maximum atomic E-state index is 12.6. The van der Waals surface area contributed by atoms with Crippen molar-refractivity contribution in [1.82, 2.24) is 21.3 Å². The highest BCUT2D eigenvalue weighted by atomic mass is 16.4. The van der Waals surface area contributed by atoms with E-state index in [9.17, 15) is 34.2 Å². The molecule has 3 atom stereocenters. The van der Waals surface area contributed by atoms with Crippen LogP contribution in [0.25, 0.3) is 0 Å². The van der Waals surface area contributed by atoms with Gasteiger partial charge in [-0.25, -0.2) is 4.79 Å². The maximum Gasteiger partial charge on any atom is 0.326 e. The van der Waals surface area contributed by atoms with Gasteiger partial charge in [-0.2, -0.15) is 0 Å². The largest absolute Gasteiger partial charge is 0.508 e. The number of hydrogen-bond donors (Lipinski definition) is 7. The minimum Gasteiger partial charge on any atom is -0.508 e. The molecule has 4 amide bonds. The molecule has 1 aromatic carbocycles. The highest BCUT2D eigenvalue weighted by molar-refractivity contribution is 5.95. The van der Waals surface area contributed by atoms with Crippen molar-refractivity contribution in [2.24, 2.45) is 5.73 Å². The van der Waals surface area contributed by atoms with Crippen molar-refractivity contribution < 1.29 is 34.2 Å². The second kappa shape index (κ2) is 11.6. The molecule has 1 aliphatic rings. The number of phenolic OH excluding ortho intramolecular Hbond substituents is 1. The molecule has 0 spiro atoms. The van der Waals surface area contributed by atoms with Crippen LogP contribution in [0.15, 0.2) is 24.3 Å². The number of primary amides is 1. The molecule has 1 aromatic rings. The number of aromatic hydroxyl groups is 1. The zero-order valence-electron chi connectivity index (χ0n) is 17.3. The van der Waals surface area contributed by atoms with Crippen molar-refractivity contribution in [2.45, 2.75) is 43.8 Å². The van der Waals surface area contributed by atoms with Crippen LogP contribution in [0.3, 0.4) is 0 Å². The summed E-state index contributed by atoms with van der Waals surface area (Å²) < 4.78 is 0. The van der Waals surface area contributed by atoms with Crippen LogP contribution in [0.4, 0.5) is 0 Å². The van der Waals surface area contributed by atoms with E-state index in [1.807, 2.05) is 0 Å². The third-order valence-electron chi connectivity index (χ3n) is 4.85. The lowest BCUT2D eigenvalue weighted by Gasteiger charge is -2.21. The van der Waals surface area contributed by atoms with E-state index in [4.69, 9.17) is 5.73 Å². The summed E-state index contributed by atoms with van der Waals surface area (Å²) in [6.45, 7) is 0.287. The minimum atomic E-state index is -1.41. The zero-order chi connectivity index (χ0) is 23.7. The molecule has 0 saturated carbocycles. The molecule has 12 nitrogen and oxygen atoms in total. The molecule has 2 rings (SSSR count). The smallest absolute Gasteiger partial charge is 0.326 e. The number of carbonyl (C=O) groups is 5. The van der Waals surface area contributed by atoms with Gasteiger partial charge in [0, 0.05) is 6.42 Å². The highest BCUT2D eigenvalue weighted by Crippen LogP contribution is 2.11. The van der Waals surface area contributed by atoms with Crippen molar-refractivity contribution in [3.05, 3.63) is 29.8 Å². The molecule has 0 bridgehead atoms. The number of aliphatic carboxylic acids is 1. The standard InChI is InChI=1S/C20H27N5O7/c21-16(27)9-14(24-17(28)10-23-18(29)13-2-1-7-22-13)19(30)25-15(20(31)32)8-11-3-5-12(26)6-4-11/h3-6,13-15,22,26H,1-2,7-10H2,(H2,21,27)(H,23,29)(H,24,28)(H,25,30)(H,31,32). The van der Waals surface area contributed by atoms with E-state index in [1.165, 1.54) is 24.3 Å². The molecule has 1 fully saturated rings. The van der Waals surface area contributed by atoms with Crippen LogP contribution >= 0.6 is 0 Å². The molecule has 0 aromatic heterocycles. The molecule has 1 heterocycles. The van der Waals surface area contributed by atoms with Crippen LogP contribution in [-0.4, -0.2) is 71.0 Å². The summed E-state index contributed by atoms with van der Waals surface area (Å²) in [6.07, 6.45) is 0.849. The normalized spacial score (nSPS) is 17.1. The quantitative estimate of drug-likeness (QED) is 0.196. The Hall–Kier alpha value is -3.67. The second-order valence-corrected chi connectivity index (χ2v) is 7.43. The second-order valence-electron chi connectivity index (χ2n) is 7.43. The molecular formula is C20H27N5O7. The first-order chi connectivity index (χ1) is 15.2. The number of carboxylic acid groups (broad SMARTS) is 1. The van der Waals surface area contributed by atoms with Gasteiger partial charge in [0.2, 0.25) is 23.6 Å². The Morgan fingerprint density at radius 1 is 1.09 bits per heavy atom. The Kier molecular flexibility index (Phi) is 8.95. The van der Waals surface area contributed by atoms with Crippen LogP contribution in [0, 0.1) is 0 Å². The van der Waals surface area contributed by atoms with Crippen LogP contribution in [0.2, 0.25) is 0 Å². The number of hydrogen-bond acceptors (Lipinski definition) is 7. The summed E-state index contributed by atoms with van der Waals surface area (Å²) in [4.78, 5) is 59.7. The van der Waals surface area contributed by atoms with E-state index >= 15 is 0 Å². The van der Waals surface area contributed by atoms with Gasteiger partial charge in [0.05, 0.1) is 19.0 Å². The van der Waals surface area contributed by atoms with Crippen LogP contribution in [0.5, 0.6) is 5.75 Å². The van der Waals surface area contributed by atoms with E-state index in [0.717, 1.165) is 6.42 Å². The zero-order valence-corrected chi connectivity index (χ0v) is 17.3. The van der Waals surface area contributed by atoms with E-state index in [1.54, 1.807) is 0 Å². The number of nitrogens with one attached hydrogen (secondary N) is 4. The van der Waals surface area contributed by atoms with E-state index in [0.29, 0.717) is 18.5 Å². The molecule has 174 valence electrons. The number of amides is 4. The first kappa shape index (κ1) is 24.6. The van der Waals surface area contributed by atoms with Gasteiger partial charge in [0.15, 0.2) is 0 Å². The van der Waals surface area contributed by atoms with Crippen molar-refractivity contribution in [2.75, 3.05) is 13.1 Å². The van der Waals surface area contributed by atoms with Gasteiger partial charge in [-0.05, 0) is 37.1 Å². The lowest BCUT2D eigenvalue weighted by atomic mass is 10.0. The Morgan fingerprint density at radius 3 is 2.34 bits per heavy atom. The van der Waals surface area contributed by atoms with Crippen molar-refractivity contribution in [3.63, 3.8) is 0 Å². The predicted molar refractivity (Wildman–Crippen MR) is 111 cm³/mol. The topological polar surface area (TPSA) is 200 Å². The average Bonchev–Trinajstić information content (AvgIpc) is 3.27. The van der Waals surface area contributed by atoms with Crippen LogP contribution < -0.4 is 27.0 Å². The molecule has 32 heavy (non-hydrogen) atoms. The van der Waals surface area contributed by atoms with Crippen molar-refractivity contribution in [1.29, 1.82) is 0 Å². The average molecular weight is 449 g/mol. The number of rotatable bonds is 11. The van der Waals surface area contributed by atoms with E-state index in [2.05, 4.69) is 21.3 Å². The van der Waals surface area contributed by atoms with Crippen molar-refractivity contribution >= 4 is 29.6 Å². The lowest BCUT2D eigenvalue weighted by molar-refractivity contribution is -0.142. The summed E-state index contributed by atoms with van der Waals surface area (Å²) in [6, 6.07) is 2.60. The molecule has 1 saturated heterocycles. The van der Waals surface area contributed by atoms with Crippen LogP contribution in [-0.2, 0) is 30.4 Å². The Labute approximate surface area is 183 Å². The summed E-state index contributed by atoms with van der Waals surface area (Å²) in [7, 11) is 0. The summed E-state index contributed by atoms with van der Waals surface area (Å²) in [5.41, 5.74) is 5.69. The number of nitrogens with two attached hydrogens (primary N) is 1. The van der Waals surface area contributed by atoms with Crippen molar-refractivity contribution in [3.8, 4) is 5.75 Å². The summed E-state index contributed by atoms with van der Waals surface area (Å²) in [5, 5.41) is 28.8. The SMILES string of the molecule is NC(=O)CC(NC(=O)CNC(=O)C1CCCN1)C(=O)NC(Cc1ccc(O)cc1)C(=O)O. The third-order valence-corrected chi connectivity index (χ3v) is 4.85. The summed E-state index contributed by atoms with van der Waals surface area (Å²) in [5.74, 6) is -4.20. The molecule has 12 heteroatoms. The molecule has 1 aliphatic heterocycles. The molecule has 8 N–H and O–H groups in total. The van der Waals surface area contributed by atoms with Gasteiger partial charge >= 0.3 is 5.97 Å². The summed E-state index contributed by atoms with van der Waals surface area (Å²) >= 11 is 0. The predicted octanol–water partition coefficient (Wildman–Crippen LogP) is -2.27. The number of benzene rings is 1. The number of phenols is 1. The van der Waals surface area contributed by atoms with Gasteiger partial charge < -0.3 is 37.2 Å². The maximum absolute atomic E-state index is 12.6. The fraction of sp³-hybridized carbons (Fsp3) is 0.450. The third kappa shape index (κ3) is 7.87. The fourth-order valence-electron chi connectivity index (χ4n) is 3.19. The van der Waals surface area contributed by atoms with Gasteiger partial charge in [-0.3, -0.25) is 19.2 Å². The van der Waals surface area contributed by atoms with Crippen LogP contribution in [0.1, 0.15) is 24.8 Å². The van der Waals surface area contributed by atoms with Gasteiger partial charge in [0.25, 0.3) is 0 Å². The first-order valence-electron chi connectivity index (χ1n) is 10.1. The Morgan fingerprint density at radius 2 is 1.78 bits per heavy atom. The number of carbonyl (C=O) groups excluding carboxylic acids is 4. The molecular weight excluding hydrogens is 422 g/mol. The lowest BCUT2D eigenvalue weighted by Crippen LogP contribution is -2.55. The van der Waals surface area contributed by atoms with Gasteiger partial charge in [0.1, 0.15) is 17.8 Å². The molecule has 0 radical (unpaired) electrons. The number of carboxylic acids is 1. The van der Waals surface area contributed by atoms with Gasteiger partial charge in [-0.1, -0.05) is 12.1 Å². The van der Waals surface area contributed by atoms with E-state index in [-0.39, 0.29) is 24.1 Å². The first-order valence-corrected chi connectivity index (χ1v) is 10.1. The molecule has 3 unspecified atom stereocenters. The fourth-order valence-corrected chi connectivity index (χ4v) is 3.19. The Balaban J connectivity index is 1.96. The van der Waals surface area contributed by atoms with E-state index < -0.39 is 48.7 Å². The minimum absolute atomic E-state index is 0.00435. The van der Waals surface area contributed by atoms with Gasteiger partial charge in [-0.15, -0.1) is 0 Å². The highest BCUT2D eigenvalue weighted by Gasteiger charge is 2.28. The monoisotopic (exact) mass is 449 g/mol.